The van der Waals surface area contributed by atoms with E-state index in [0.717, 1.165) is 24.0 Å². The van der Waals surface area contributed by atoms with Gasteiger partial charge in [-0.3, -0.25) is 0 Å². The number of nitrogens with zero attached hydrogens (tertiary/aromatic N) is 3. The monoisotopic (exact) mass is 220 g/mol. The molecule has 0 fully saturated rings. The Labute approximate surface area is 92.3 Å². The Kier molecular flexibility index (Phi) is 3.14. The summed E-state index contributed by atoms with van der Waals surface area (Å²) in [5.74, 6) is 0.852. The van der Waals surface area contributed by atoms with Gasteiger partial charge in [-0.15, -0.1) is 17.9 Å². The van der Waals surface area contributed by atoms with Crippen LogP contribution < -0.4 is 5.32 Å². The first kappa shape index (κ1) is 9.92. The van der Waals surface area contributed by atoms with E-state index in [1.807, 2.05) is 28.4 Å². The van der Waals surface area contributed by atoms with Gasteiger partial charge >= 0.3 is 0 Å². The van der Waals surface area contributed by atoms with Crippen LogP contribution in [0.3, 0.4) is 0 Å². The van der Waals surface area contributed by atoms with Crippen molar-refractivity contribution in [3.05, 3.63) is 41.6 Å². The molecule has 0 atom stereocenters. The van der Waals surface area contributed by atoms with Gasteiger partial charge in [-0.25, -0.2) is 9.97 Å². The van der Waals surface area contributed by atoms with Crippen LogP contribution in [0.15, 0.2) is 36.6 Å². The van der Waals surface area contributed by atoms with Gasteiger partial charge in [-0.2, -0.15) is 0 Å². The molecule has 4 nitrogen and oxygen atoms in total. The lowest BCUT2D eigenvalue weighted by molar-refractivity contribution is 0.795. The van der Waals surface area contributed by atoms with Gasteiger partial charge in [0.25, 0.3) is 0 Å². The van der Waals surface area contributed by atoms with E-state index in [0.29, 0.717) is 0 Å². The largest absolute Gasteiger partial charge is 0.352 e. The smallest absolute Gasteiger partial charge is 0.203 e. The minimum absolute atomic E-state index is 0.717. The molecule has 78 valence electrons. The highest BCUT2D eigenvalue weighted by Crippen LogP contribution is 2.10. The molecule has 0 saturated heterocycles. The van der Waals surface area contributed by atoms with Gasteiger partial charge in [0, 0.05) is 30.5 Å². The molecule has 0 aliphatic carbocycles. The van der Waals surface area contributed by atoms with Gasteiger partial charge < -0.3 is 9.88 Å². The van der Waals surface area contributed by atoms with E-state index in [4.69, 9.17) is 0 Å². The molecule has 2 aromatic rings. The number of hydrogen-bond donors (Lipinski definition) is 1. The maximum Gasteiger partial charge on any atom is 0.203 e. The zero-order chi connectivity index (χ0) is 10.5. The van der Waals surface area contributed by atoms with E-state index >= 15 is 0 Å². The lowest BCUT2D eigenvalue weighted by atomic mass is 10.6. The van der Waals surface area contributed by atoms with Crippen molar-refractivity contribution in [2.24, 2.45) is 0 Å². The van der Waals surface area contributed by atoms with Crippen LogP contribution in [0.2, 0.25) is 0 Å². The van der Waals surface area contributed by atoms with Crippen molar-refractivity contribution < 1.29 is 0 Å². The van der Waals surface area contributed by atoms with E-state index in [9.17, 15) is 0 Å². The van der Waals surface area contributed by atoms with Crippen molar-refractivity contribution in [2.45, 2.75) is 6.54 Å². The number of nitrogens with one attached hydrogen (secondary N) is 1. The first-order valence-electron chi connectivity index (χ1n) is 4.64. The Balaban J connectivity index is 2.07. The molecule has 0 aromatic carbocycles. The molecule has 0 radical (unpaired) electrons. The molecule has 2 aromatic heterocycles. The van der Waals surface area contributed by atoms with Crippen molar-refractivity contribution in [1.29, 1.82) is 0 Å². The molecule has 0 unspecified atom stereocenters. The van der Waals surface area contributed by atoms with Crippen LogP contribution in [0, 0.1) is 0 Å². The summed E-state index contributed by atoms with van der Waals surface area (Å²) in [6.07, 6.45) is 7.34. The minimum atomic E-state index is 0.717. The third-order valence-electron chi connectivity index (χ3n) is 1.91. The third-order valence-corrected chi connectivity index (χ3v) is 2.67. The summed E-state index contributed by atoms with van der Waals surface area (Å²) >= 11 is 1.65. The molecular weight excluding hydrogens is 208 g/mol. The van der Waals surface area contributed by atoms with Crippen molar-refractivity contribution >= 4 is 17.3 Å². The predicted octanol–water partition coefficient (Wildman–Crippen LogP) is 1.99. The first-order chi connectivity index (χ1) is 7.40. The zero-order valence-electron chi connectivity index (χ0n) is 8.26. The second kappa shape index (κ2) is 4.75. The predicted molar refractivity (Wildman–Crippen MR) is 62.1 cm³/mol. The molecular formula is C10H12N4S. The van der Waals surface area contributed by atoms with E-state index < -0.39 is 0 Å². The molecule has 0 aliphatic heterocycles. The van der Waals surface area contributed by atoms with Gasteiger partial charge in [0.2, 0.25) is 5.95 Å². The molecule has 2 heterocycles. The number of thiazole rings is 1. The molecule has 5 heteroatoms. The van der Waals surface area contributed by atoms with Gasteiger partial charge in [0.15, 0.2) is 0 Å². The van der Waals surface area contributed by atoms with Crippen LogP contribution in [-0.2, 0) is 6.54 Å². The SMILES string of the molecule is C=CCNc1nccn1Cc1nccs1. The summed E-state index contributed by atoms with van der Waals surface area (Å²) in [5.41, 5.74) is 0. The van der Waals surface area contributed by atoms with Gasteiger partial charge in [-0.1, -0.05) is 6.08 Å². The minimum Gasteiger partial charge on any atom is -0.352 e. The average molecular weight is 220 g/mol. The fourth-order valence-electron chi connectivity index (χ4n) is 1.24. The number of rotatable bonds is 5. The van der Waals surface area contributed by atoms with Crippen LogP contribution in [-0.4, -0.2) is 21.1 Å². The molecule has 0 aliphatic rings. The number of anilines is 1. The van der Waals surface area contributed by atoms with Crippen molar-refractivity contribution in [1.82, 2.24) is 14.5 Å². The lowest BCUT2D eigenvalue weighted by Gasteiger charge is -2.06. The third kappa shape index (κ3) is 2.44. The van der Waals surface area contributed by atoms with E-state index in [-0.39, 0.29) is 0 Å². The van der Waals surface area contributed by atoms with E-state index in [2.05, 4.69) is 21.9 Å². The second-order valence-corrected chi connectivity index (χ2v) is 3.95. The molecule has 0 amide bonds. The highest BCUT2D eigenvalue weighted by atomic mass is 32.1. The summed E-state index contributed by atoms with van der Waals surface area (Å²) < 4.78 is 2.03. The molecule has 15 heavy (non-hydrogen) atoms. The Morgan fingerprint density at radius 1 is 1.47 bits per heavy atom. The number of hydrogen-bond acceptors (Lipinski definition) is 4. The summed E-state index contributed by atoms with van der Waals surface area (Å²) in [4.78, 5) is 8.45. The van der Waals surface area contributed by atoms with Crippen molar-refractivity contribution in [3.63, 3.8) is 0 Å². The average Bonchev–Trinajstić information content (AvgIpc) is 2.87. The standard InChI is InChI=1S/C10H12N4S/c1-2-3-12-10-13-4-6-14(10)8-9-11-5-7-15-9/h2,4-7H,1,3,8H2,(H,12,13). The van der Waals surface area contributed by atoms with Crippen LogP contribution in [0.5, 0.6) is 0 Å². The lowest BCUT2D eigenvalue weighted by Crippen LogP contribution is -2.07. The van der Waals surface area contributed by atoms with Crippen LogP contribution in [0.1, 0.15) is 5.01 Å². The number of aromatic nitrogens is 3. The summed E-state index contributed by atoms with van der Waals surface area (Å²) in [6, 6.07) is 0. The normalized spacial score (nSPS) is 10.1. The molecule has 0 saturated carbocycles. The maximum atomic E-state index is 4.23. The van der Waals surface area contributed by atoms with E-state index in [1.165, 1.54) is 0 Å². The fraction of sp³-hybridized carbons (Fsp3) is 0.200. The van der Waals surface area contributed by atoms with Crippen LogP contribution >= 0.6 is 11.3 Å². The summed E-state index contributed by atoms with van der Waals surface area (Å²) in [5, 5.41) is 6.22. The van der Waals surface area contributed by atoms with Crippen molar-refractivity contribution in [2.75, 3.05) is 11.9 Å². The second-order valence-electron chi connectivity index (χ2n) is 2.97. The van der Waals surface area contributed by atoms with Gasteiger partial charge in [0.05, 0.1) is 6.54 Å². The summed E-state index contributed by atoms with van der Waals surface area (Å²) in [6.45, 7) is 5.13. The van der Waals surface area contributed by atoms with E-state index in [1.54, 1.807) is 17.5 Å². The highest BCUT2D eigenvalue weighted by Gasteiger charge is 2.03. The molecule has 0 bridgehead atoms. The zero-order valence-corrected chi connectivity index (χ0v) is 9.07. The highest BCUT2D eigenvalue weighted by molar-refractivity contribution is 7.09. The molecule has 2 rings (SSSR count). The Hall–Kier alpha value is -1.62. The Morgan fingerprint density at radius 3 is 3.13 bits per heavy atom. The Bertz CT molecular complexity index is 418. The topological polar surface area (TPSA) is 42.7 Å². The van der Waals surface area contributed by atoms with Crippen LogP contribution in [0.25, 0.3) is 0 Å². The molecule has 0 spiro atoms. The quantitative estimate of drug-likeness (QED) is 0.783. The van der Waals surface area contributed by atoms with Crippen LogP contribution in [0.4, 0.5) is 5.95 Å². The summed E-state index contributed by atoms with van der Waals surface area (Å²) in [7, 11) is 0. The van der Waals surface area contributed by atoms with Crippen molar-refractivity contribution in [3.8, 4) is 0 Å². The maximum absolute atomic E-state index is 4.23. The molecule has 1 N–H and O–H groups in total. The first-order valence-corrected chi connectivity index (χ1v) is 5.52. The van der Waals surface area contributed by atoms with Gasteiger partial charge in [0.1, 0.15) is 5.01 Å². The Morgan fingerprint density at radius 2 is 2.40 bits per heavy atom. The number of imidazole rings is 1. The van der Waals surface area contributed by atoms with Gasteiger partial charge in [-0.05, 0) is 0 Å². The fourth-order valence-corrected chi connectivity index (χ4v) is 1.86.